The first kappa shape index (κ1) is 12.3. The lowest BCUT2D eigenvalue weighted by atomic mass is 9.97. The van der Waals surface area contributed by atoms with Crippen LogP contribution in [0.25, 0.3) is 0 Å². The Bertz CT molecular complexity index is 342. The maximum Gasteiger partial charge on any atom is 0.0569 e. The number of pyridine rings is 1. The van der Waals surface area contributed by atoms with Crippen LogP contribution in [0.4, 0.5) is 5.69 Å². The van der Waals surface area contributed by atoms with E-state index < -0.39 is 0 Å². The molecule has 0 radical (unpaired) electrons. The van der Waals surface area contributed by atoms with Crippen LogP contribution in [0.15, 0.2) is 18.3 Å². The average Bonchev–Trinajstić information content (AvgIpc) is 2.39. The fourth-order valence-electron chi connectivity index (χ4n) is 2.23. The highest BCUT2D eigenvalue weighted by Gasteiger charge is 2.18. The van der Waals surface area contributed by atoms with Crippen LogP contribution in [-0.4, -0.2) is 29.8 Å². The molecule has 1 aliphatic heterocycles. The quantitative estimate of drug-likeness (QED) is 0.829. The summed E-state index contributed by atoms with van der Waals surface area (Å²) in [6.45, 7) is 4.26. The molecule has 0 bridgehead atoms. The van der Waals surface area contributed by atoms with Gasteiger partial charge in [0.1, 0.15) is 0 Å². The number of rotatable bonds is 3. The predicted molar refractivity (Wildman–Crippen MR) is 68.9 cm³/mol. The van der Waals surface area contributed by atoms with Crippen molar-refractivity contribution in [3.63, 3.8) is 0 Å². The van der Waals surface area contributed by atoms with Gasteiger partial charge < -0.3 is 15.7 Å². The number of hydrogen-bond acceptors (Lipinski definition) is 4. The molecule has 4 nitrogen and oxygen atoms in total. The molecule has 1 aromatic heterocycles. The third kappa shape index (κ3) is 2.96. The molecule has 1 aliphatic rings. The summed E-state index contributed by atoms with van der Waals surface area (Å²) in [7, 11) is 0. The van der Waals surface area contributed by atoms with Crippen LogP contribution in [0.1, 0.15) is 31.5 Å². The van der Waals surface area contributed by atoms with E-state index in [2.05, 4.69) is 16.0 Å². The summed E-state index contributed by atoms with van der Waals surface area (Å²) in [5, 5.41) is 9.10. The van der Waals surface area contributed by atoms with Gasteiger partial charge in [-0.25, -0.2) is 0 Å². The van der Waals surface area contributed by atoms with Crippen LogP contribution in [0.2, 0.25) is 0 Å². The number of aliphatic hydroxyl groups excluding tert-OH is 1. The van der Waals surface area contributed by atoms with Crippen molar-refractivity contribution in [1.82, 2.24) is 4.98 Å². The molecule has 3 N–H and O–H groups in total. The Morgan fingerprint density at radius 2 is 2.18 bits per heavy atom. The Morgan fingerprint density at radius 1 is 1.47 bits per heavy atom. The first-order valence-electron chi connectivity index (χ1n) is 6.28. The smallest absolute Gasteiger partial charge is 0.0569 e. The van der Waals surface area contributed by atoms with Crippen LogP contribution < -0.4 is 10.6 Å². The van der Waals surface area contributed by atoms with Gasteiger partial charge in [-0.1, -0.05) is 0 Å². The van der Waals surface area contributed by atoms with Crippen LogP contribution in [-0.2, 0) is 0 Å². The minimum absolute atomic E-state index is 0.0100. The second-order valence-electron chi connectivity index (χ2n) is 4.84. The second kappa shape index (κ2) is 5.47. The first-order valence-corrected chi connectivity index (χ1v) is 6.28. The maximum absolute atomic E-state index is 9.10. The molecule has 0 aromatic carbocycles. The predicted octanol–water partition coefficient (Wildman–Crippen LogP) is 1.31. The van der Waals surface area contributed by atoms with E-state index in [1.54, 1.807) is 0 Å². The molecule has 2 rings (SSSR count). The number of piperidine rings is 1. The Balaban J connectivity index is 1.99. The van der Waals surface area contributed by atoms with Crippen molar-refractivity contribution < 1.29 is 5.11 Å². The van der Waals surface area contributed by atoms with Gasteiger partial charge in [0.25, 0.3) is 0 Å². The summed E-state index contributed by atoms with van der Waals surface area (Å²) >= 11 is 0. The van der Waals surface area contributed by atoms with E-state index in [4.69, 9.17) is 10.8 Å². The topological polar surface area (TPSA) is 62.4 Å². The van der Waals surface area contributed by atoms with E-state index in [-0.39, 0.29) is 6.04 Å². The van der Waals surface area contributed by atoms with Gasteiger partial charge in [-0.2, -0.15) is 0 Å². The molecule has 0 aliphatic carbocycles. The van der Waals surface area contributed by atoms with Crippen molar-refractivity contribution in [3.8, 4) is 0 Å². The minimum atomic E-state index is -0.0100. The lowest BCUT2D eigenvalue weighted by molar-refractivity contribution is 0.203. The molecule has 4 heteroatoms. The van der Waals surface area contributed by atoms with Crippen molar-refractivity contribution in [2.45, 2.75) is 25.8 Å². The highest BCUT2D eigenvalue weighted by Crippen LogP contribution is 2.22. The molecule has 1 saturated heterocycles. The summed E-state index contributed by atoms with van der Waals surface area (Å²) < 4.78 is 0. The fourth-order valence-corrected chi connectivity index (χ4v) is 2.23. The van der Waals surface area contributed by atoms with Crippen molar-refractivity contribution in [1.29, 1.82) is 0 Å². The van der Waals surface area contributed by atoms with Crippen LogP contribution in [0.3, 0.4) is 0 Å². The summed E-state index contributed by atoms with van der Waals surface area (Å²) in [6.07, 6.45) is 4.02. The molecule has 94 valence electrons. The Kier molecular flexibility index (Phi) is 3.97. The Morgan fingerprint density at radius 3 is 2.65 bits per heavy atom. The van der Waals surface area contributed by atoms with Gasteiger partial charge >= 0.3 is 0 Å². The van der Waals surface area contributed by atoms with Crippen molar-refractivity contribution in [2.24, 2.45) is 11.7 Å². The average molecular weight is 235 g/mol. The molecule has 1 fully saturated rings. The minimum Gasteiger partial charge on any atom is -0.396 e. The zero-order chi connectivity index (χ0) is 12.3. The molecule has 1 aromatic rings. The lowest BCUT2D eigenvalue weighted by Gasteiger charge is -2.32. The molecule has 17 heavy (non-hydrogen) atoms. The van der Waals surface area contributed by atoms with Crippen molar-refractivity contribution >= 4 is 5.69 Å². The molecule has 0 amide bonds. The zero-order valence-electron chi connectivity index (χ0n) is 10.3. The summed E-state index contributed by atoms with van der Waals surface area (Å²) in [6, 6.07) is 4.08. The van der Waals surface area contributed by atoms with E-state index in [0.717, 1.165) is 37.3 Å². The lowest BCUT2D eigenvalue weighted by Crippen LogP contribution is -2.34. The second-order valence-corrected chi connectivity index (χ2v) is 4.84. The summed E-state index contributed by atoms with van der Waals surface area (Å²) in [5.41, 5.74) is 7.86. The number of aromatic nitrogens is 1. The SMILES string of the molecule is C[C@H](N)c1ccc(N2CCC(CO)CC2)cn1. The largest absolute Gasteiger partial charge is 0.396 e. The van der Waals surface area contributed by atoms with Gasteiger partial charge in [-0.3, -0.25) is 4.98 Å². The molecule has 2 heterocycles. The monoisotopic (exact) mass is 235 g/mol. The van der Waals surface area contributed by atoms with Crippen LogP contribution >= 0.6 is 0 Å². The fraction of sp³-hybridized carbons (Fsp3) is 0.615. The third-order valence-electron chi connectivity index (χ3n) is 3.48. The normalized spacial score (nSPS) is 19.4. The number of nitrogens with zero attached hydrogens (tertiary/aromatic N) is 2. The zero-order valence-corrected chi connectivity index (χ0v) is 10.3. The van der Waals surface area contributed by atoms with Gasteiger partial charge in [-0.05, 0) is 37.8 Å². The first-order chi connectivity index (χ1) is 8.20. The van der Waals surface area contributed by atoms with Crippen molar-refractivity contribution in [3.05, 3.63) is 24.0 Å². The molecule has 1 atom stereocenters. The van der Waals surface area contributed by atoms with Gasteiger partial charge in [-0.15, -0.1) is 0 Å². The van der Waals surface area contributed by atoms with Gasteiger partial charge in [0.2, 0.25) is 0 Å². The van der Waals surface area contributed by atoms with Gasteiger partial charge in [0, 0.05) is 25.7 Å². The molecular formula is C13H21N3O. The molecule has 0 spiro atoms. The van der Waals surface area contributed by atoms with Crippen molar-refractivity contribution in [2.75, 3.05) is 24.6 Å². The Hall–Kier alpha value is -1.13. The summed E-state index contributed by atoms with van der Waals surface area (Å²) in [4.78, 5) is 6.70. The van der Waals surface area contributed by atoms with Crippen LogP contribution in [0.5, 0.6) is 0 Å². The summed E-state index contributed by atoms with van der Waals surface area (Å²) in [5.74, 6) is 0.475. The van der Waals surface area contributed by atoms with E-state index in [0.29, 0.717) is 12.5 Å². The maximum atomic E-state index is 9.10. The van der Waals surface area contributed by atoms with Gasteiger partial charge in [0.15, 0.2) is 0 Å². The highest BCUT2D eigenvalue weighted by molar-refractivity contribution is 5.45. The standard InChI is InChI=1S/C13H21N3O/c1-10(14)13-3-2-12(8-15-13)16-6-4-11(9-17)5-7-16/h2-3,8,10-11,17H,4-7,9,14H2,1H3/t10-/m0/s1. The van der Waals surface area contributed by atoms with E-state index >= 15 is 0 Å². The number of aliphatic hydroxyl groups is 1. The number of nitrogens with two attached hydrogens (primary N) is 1. The van der Waals surface area contributed by atoms with E-state index in [9.17, 15) is 0 Å². The van der Waals surface area contributed by atoms with E-state index in [1.807, 2.05) is 19.2 Å². The molecule has 0 saturated carbocycles. The molecule has 0 unspecified atom stereocenters. The van der Waals surface area contributed by atoms with Crippen LogP contribution in [0, 0.1) is 5.92 Å². The van der Waals surface area contributed by atoms with Gasteiger partial charge in [0.05, 0.1) is 17.6 Å². The number of hydrogen-bond donors (Lipinski definition) is 2. The molecular weight excluding hydrogens is 214 g/mol. The van der Waals surface area contributed by atoms with E-state index in [1.165, 1.54) is 0 Å². The highest BCUT2D eigenvalue weighted by atomic mass is 16.3. The third-order valence-corrected chi connectivity index (χ3v) is 3.48. The number of anilines is 1. The Labute approximate surface area is 102 Å².